The molecule has 1 aliphatic rings. The van der Waals surface area contributed by atoms with Crippen LogP contribution in [0.4, 0.5) is 4.79 Å². The van der Waals surface area contributed by atoms with Gasteiger partial charge in [-0.25, -0.2) is 18.7 Å². The number of carbonyl (C=O) groups is 3. The molecule has 1 aliphatic heterocycles. The standard InChI is InChI=1S/C17H23N3O8S/c1-16(2)14(22)20(15(23)19(16)3)9-17(24,13(21)18-25)10-29(26,27)12-7-5-11(28-4)6-8-12/h5-8,24-25H,9-10H2,1-4H3,(H,18,21). The van der Waals surface area contributed by atoms with Crippen molar-refractivity contribution in [1.82, 2.24) is 15.3 Å². The zero-order valence-corrected chi connectivity index (χ0v) is 17.2. The van der Waals surface area contributed by atoms with E-state index in [0.717, 1.165) is 4.90 Å². The summed E-state index contributed by atoms with van der Waals surface area (Å²) in [4.78, 5) is 38.5. The molecule has 1 unspecified atom stereocenters. The number of ether oxygens (including phenoxy) is 1. The van der Waals surface area contributed by atoms with Crippen molar-refractivity contribution in [3.8, 4) is 5.75 Å². The van der Waals surface area contributed by atoms with Crippen LogP contribution in [0.1, 0.15) is 13.8 Å². The highest BCUT2D eigenvalue weighted by atomic mass is 32.2. The second-order valence-corrected chi connectivity index (χ2v) is 9.19. The number of imide groups is 1. The van der Waals surface area contributed by atoms with Gasteiger partial charge in [0.2, 0.25) is 0 Å². The SMILES string of the molecule is COc1ccc(S(=O)(=O)CC(O)(CN2C(=O)N(C)C(C)(C)C2=O)C(=O)NO)cc1. The topological polar surface area (TPSA) is 154 Å². The number of nitrogens with zero attached hydrogens (tertiary/aromatic N) is 2. The summed E-state index contributed by atoms with van der Waals surface area (Å²) in [5, 5.41) is 19.8. The van der Waals surface area contributed by atoms with Gasteiger partial charge in [0.15, 0.2) is 15.4 Å². The average molecular weight is 429 g/mol. The van der Waals surface area contributed by atoms with Gasteiger partial charge >= 0.3 is 6.03 Å². The van der Waals surface area contributed by atoms with Gasteiger partial charge in [-0.2, -0.15) is 0 Å². The highest BCUT2D eigenvalue weighted by Crippen LogP contribution is 2.28. The van der Waals surface area contributed by atoms with E-state index in [0.29, 0.717) is 10.6 Å². The predicted octanol–water partition coefficient (Wildman–Crippen LogP) is -0.622. The van der Waals surface area contributed by atoms with Crippen molar-refractivity contribution in [2.75, 3.05) is 26.5 Å². The molecule has 1 fully saturated rings. The van der Waals surface area contributed by atoms with Gasteiger partial charge in [0.05, 0.1) is 24.3 Å². The van der Waals surface area contributed by atoms with Gasteiger partial charge in [-0.05, 0) is 38.1 Å². The monoisotopic (exact) mass is 429 g/mol. The van der Waals surface area contributed by atoms with Crippen molar-refractivity contribution < 1.29 is 37.9 Å². The number of sulfone groups is 1. The minimum absolute atomic E-state index is 0.223. The molecule has 160 valence electrons. The molecule has 0 aliphatic carbocycles. The lowest BCUT2D eigenvalue weighted by Crippen LogP contribution is -2.58. The van der Waals surface area contributed by atoms with Crippen LogP contribution in [0.15, 0.2) is 29.2 Å². The minimum atomic E-state index is -4.26. The van der Waals surface area contributed by atoms with Gasteiger partial charge < -0.3 is 14.7 Å². The smallest absolute Gasteiger partial charge is 0.327 e. The van der Waals surface area contributed by atoms with Crippen molar-refractivity contribution in [3.05, 3.63) is 24.3 Å². The zero-order chi connectivity index (χ0) is 22.2. The summed E-state index contributed by atoms with van der Waals surface area (Å²) >= 11 is 0. The molecule has 1 aromatic rings. The highest BCUT2D eigenvalue weighted by molar-refractivity contribution is 7.91. The Labute approximate surface area is 167 Å². The van der Waals surface area contributed by atoms with Crippen LogP contribution in [0.5, 0.6) is 5.75 Å². The number of hydrogen-bond donors (Lipinski definition) is 3. The first-order chi connectivity index (χ1) is 13.3. The third kappa shape index (κ3) is 4.04. The van der Waals surface area contributed by atoms with Crippen LogP contribution in [0, 0.1) is 0 Å². The Hall–Kier alpha value is -2.70. The first-order valence-electron chi connectivity index (χ1n) is 8.43. The van der Waals surface area contributed by atoms with Gasteiger partial charge in [-0.1, -0.05) is 0 Å². The predicted molar refractivity (Wildman–Crippen MR) is 98.9 cm³/mol. The van der Waals surface area contributed by atoms with Gasteiger partial charge in [0.1, 0.15) is 11.3 Å². The summed E-state index contributed by atoms with van der Waals surface area (Å²) in [7, 11) is -1.50. The van der Waals surface area contributed by atoms with E-state index in [-0.39, 0.29) is 4.90 Å². The van der Waals surface area contributed by atoms with Crippen LogP contribution in [0.25, 0.3) is 0 Å². The van der Waals surface area contributed by atoms with Crippen molar-refractivity contribution in [3.63, 3.8) is 0 Å². The minimum Gasteiger partial charge on any atom is -0.497 e. The maximum Gasteiger partial charge on any atom is 0.327 e. The van der Waals surface area contributed by atoms with E-state index in [4.69, 9.17) is 9.94 Å². The maximum atomic E-state index is 12.7. The number of methoxy groups -OCH3 is 1. The number of rotatable bonds is 7. The molecule has 29 heavy (non-hydrogen) atoms. The van der Waals surface area contributed by atoms with Crippen LogP contribution in [-0.4, -0.2) is 84.0 Å². The Bertz CT molecular complexity index is 929. The third-order valence-electron chi connectivity index (χ3n) is 4.92. The molecule has 2 rings (SSSR count). The second kappa shape index (κ2) is 7.61. The summed E-state index contributed by atoms with van der Waals surface area (Å²) in [6.45, 7) is 1.97. The number of urea groups is 1. The van der Waals surface area contributed by atoms with Crippen molar-refractivity contribution in [2.45, 2.75) is 29.9 Å². The number of nitrogens with one attached hydrogen (secondary N) is 1. The molecular formula is C17H23N3O8S. The van der Waals surface area contributed by atoms with Gasteiger partial charge in [-0.15, -0.1) is 0 Å². The van der Waals surface area contributed by atoms with Crippen LogP contribution in [0.3, 0.4) is 0 Å². The van der Waals surface area contributed by atoms with E-state index < -0.39 is 51.1 Å². The van der Waals surface area contributed by atoms with E-state index in [2.05, 4.69) is 0 Å². The Morgan fingerprint density at radius 1 is 1.24 bits per heavy atom. The van der Waals surface area contributed by atoms with Crippen molar-refractivity contribution >= 4 is 27.7 Å². The fourth-order valence-electron chi connectivity index (χ4n) is 2.85. The quantitative estimate of drug-likeness (QED) is 0.294. The van der Waals surface area contributed by atoms with Crippen LogP contribution >= 0.6 is 0 Å². The molecule has 3 N–H and O–H groups in total. The van der Waals surface area contributed by atoms with E-state index in [9.17, 15) is 27.9 Å². The molecule has 0 radical (unpaired) electrons. The number of β-amino-alcohol motifs (C(OH)–C–C–N with tert-alkyl or cyclic N) is 1. The lowest BCUT2D eigenvalue weighted by atomic mass is 10.0. The van der Waals surface area contributed by atoms with Crippen LogP contribution in [-0.2, 0) is 19.4 Å². The Morgan fingerprint density at radius 2 is 1.79 bits per heavy atom. The molecule has 1 aromatic carbocycles. The Kier molecular flexibility index (Phi) is 5.93. The number of aliphatic hydroxyl groups is 1. The fraction of sp³-hybridized carbons (Fsp3) is 0.471. The molecule has 0 saturated carbocycles. The Balaban J connectivity index is 2.38. The molecule has 4 amide bonds. The molecule has 0 bridgehead atoms. The van der Waals surface area contributed by atoms with Crippen molar-refractivity contribution in [1.29, 1.82) is 0 Å². The van der Waals surface area contributed by atoms with Gasteiger partial charge in [-0.3, -0.25) is 19.7 Å². The maximum absolute atomic E-state index is 12.7. The molecule has 0 spiro atoms. The summed E-state index contributed by atoms with van der Waals surface area (Å²) in [6.07, 6.45) is 0. The lowest BCUT2D eigenvalue weighted by Gasteiger charge is -2.29. The number of hydroxylamine groups is 1. The average Bonchev–Trinajstić information content (AvgIpc) is 2.81. The van der Waals surface area contributed by atoms with Crippen LogP contribution in [0.2, 0.25) is 0 Å². The lowest BCUT2D eigenvalue weighted by molar-refractivity contribution is -0.149. The summed E-state index contributed by atoms with van der Waals surface area (Å²) in [6, 6.07) is 4.38. The second-order valence-electron chi connectivity index (χ2n) is 7.20. The van der Waals surface area contributed by atoms with E-state index in [1.807, 2.05) is 0 Å². The summed E-state index contributed by atoms with van der Waals surface area (Å²) in [5.41, 5.74) is -2.84. The number of likely N-dealkylation sites (N-methyl/N-ethyl adjacent to an activating group) is 1. The molecule has 1 saturated heterocycles. The van der Waals surface area contributed by atoms with E-state index in [1.165, 1.54) is 57.8 Å². The number of hydrogen-bond acceptors (Lipinski definition) is 8. The summed E-state index contributed by atoms with van der Waals surface area (Å²) < 4.78 is 30.4. The third-order valence-corrected chi connectivity index (χ3v) is 6.76. The van der Waals surface area contributed by atoms with Crippen LogP contribution < -0.4 is 10.2 Å². The van der Waals surface area contributed by atoms with Gasteiger partial charge in [0.25, 0.3) is 11.8 Å². The van der Waals surface area contributed by atoms with Gasteiger partial charge in [0, 0.05) is 7.05 Å². The van der Waals surface area contributed by atoms with E-state index in [1.54, 1.807) is 0 Å². The fourth-order valence-corrected chi connectivity index (χ4v) is 4.42. The molecular weight excluding hydrogens is 406 g/mol. The first kappa shape index (κ1) is 22.6. The van der Waals surface area contributed by atoms with Crippen molar-refractivity contribution in [2.24, 2.45) is 0 Å². The number of amides is 4. The largest absolute Gasteiger partial charge is 0.497 e. The normalized spacial score (nSPS) is 18.6. The molecule has 0 aromatic heterocycles. The molecule has 1 heterocycles. The molecule has 1 atom stereocenters. The highest BCUT2D eigenvalue weighted by Gasteiger charge is 2.53. The summed E-state index contributed by atoms with van der Waals surface area (Å²) in [5.74, 6) is -2.98. The number of benzene rings is 1. The Morgan fingerprint density at radius 3 is 2.21 bits per heavy atom. The molecule has 12 heteroatoms. The number of carbonyl (C=O) groups excluding carboxylic acids is 3. The first-order valence-corrected chi connectivity index (χ1v) is 10.1. The van der Waals surface area contributed by atoms with E-state index >= 15 is 0 Å². The molecule has 11 nitrogen and oxygen atoms in total. The zero-order valence-electron chi connectivity index (χ0n) is 16.4.